The van der Waals surface area contributed by atoms with E-state index in [1.807, 2.05) is 61.5 Å². The highest BCUT2D eigenvalue weighted by Crippen LogP contribution is 2.33. The van der Waals surface area contributed by atoms with Crippen molar-refractivity contribution in [3.05, 3.63) is 70.4 Å². The van der Waals surface area contributed by atoms with Crippen molar-refractivity contribution in [2.75, 3.05) is 6.54 Å². The Bertz CT molecular complexity index is 1160. The molecule has 0 aliphatic carbocycles. The van der Waals surface area contributed by atoms with E-state index in [1.54, 1.807) is 6.92 Å². The fourth-order valence-corrected chi connectivity index (χ4v) is 5.17. The normalized spacial score (nSPS) is 13.6. The molecule has 7 heteroatoms. The Hall–Kier alpha value is -2.80. The summed E-state index contributed by atoms with van der Waals surface area (Å²) < 4.78 is 12.1. The Morgan fingerprint density at radius 2 is 1.68 bits per heavy atom. The first-order valence-corrected chi connectivity index (χ1v) is 14.6. The van der Waals surface area contributed by atoms with Gasteiger partial charge in [0.1, 0.15) is 17.2 Å². The average molecular weight is 586 g/mol. The molecule has 2 aromatic carbocycles. The fraction of sp³-hybridized carbons (Fsp3) is 0.484. The van der Waals surface area contributed by atoms with Crippen LogP contribution in [0.25, 0.3) is 11.0 Å². The molecule has 0 radical (unpaired) electrons. The summed E-state index contributed by atoms with van der Waals surface area (Å²) in [6.07, 6.45) is 8.03. The first kappa shape index (κ1) is 29.8. The lowest BCUT2D eigenvalue weighted by molar-refractivity contribution is -0.126. The maximum absolute atomic E-state index is 13.5. The Morgan fingerprint density at radius 1 is 1.00 bits per heavy atom. The summed E-state index contributed by atoms with van der Waals surface area (Å²) in [5.74, 6) is -0.272. The number of fused-ring (bicyclic) bond motifs is 1. The highest BCUT2D eigenvalue weighted by Gasteiger charge is 2.37. The predicted molar refractivity (Wildman–Crippen MR) is 156 cm³/mol. The van der Waals surface area contributed by atoms with Crippen LogP contribution in [-0.4, -0.2) is 30.2 Å². The van der Waals surface area contributed by atoms with E-state index in [1.165, 1.54) is 25.7 Å². The van der Waals surface area contributed by atoms with Gasteiger partial charge in [0.15, 0.2) is 4.67 Å². The van der Waals surface area contributed by atoms with Gasteiger partial charge >= 0.3 is 6.09 Å². The number of halogens is 1. The second kappa shape index (κ2) is 15.0. The molecule has 0 saturated heterocycles. The van der Waals surface area contributed by atoms with Crippen molar-refractivity contribution in [2.45, 2.75) is 90.2 Å². The fourth-order valence-electron chi connectivity index (χ4n) is 4.64. The summed E-state index contributed by atoms with van der Waals surface area (Å²) in [5.41, 5.74) is 1.43. The summed E-state index contributed by atoms with van der Waals surface area (Å²) >= 11 is 3.51. The van der Waals surface area contributed by atoms with Crippen LogP contribution in [-0.2, 0) is 22.4 Å². The molecule has 38 heavy (non-hydrogen) atoms. The monoisotopic (exact) mass is 584 g/mol. The molecule has 2 atom stereocenters. The molecule has 0 fully saturated rings. The number of furan rings is 1. The largest absolute Gasteiger partial charge is 0.449 e. The zero-order chi connectivity index (χ0) is 27.4. The second-order valence-corrected chi connectivity index (χ2v) is 11.0. The quantitative estimate of drug-likeness (QED) is 0.179. The van der Waals surface area contributed by atoms with Gasteiger partial charge in [0.05, 0.1) is 0 Å². The van der Waals surface area contributed by atoms with Crippen LogP contribution in [0.1, 0.15) is 76.8 Å². The molecule has 2 N–H and O–H groups in total. The lowest BCUT2D eigenvalue weighted by Gasteiger charge is -2.30. The van der Waals surface area contributed by atoms with Crippen LogP contribution in [0.2, 0.25) is 0 Å². The van der Waals surface area contributed by atoms with E-state index in [4.69, 9.17) is 9.15 Å². The van der Waals surface area contributed by atoms with Gasteiger partial charge in [0.25, 0.3) is 0 Å². The summed E-state index contributed by atoms with van der Waals surface area (Å²) in [5, 5.41) is 6.80. The number of para-hydroxylation sites is 1. The van der Waals surface area contributed by atoms with Crippen molar-refractivity contribution in [3.8, 4) is 0 Å². The van der Waals surface area contributed by atoms with E-state index in [-0.39, 0.29) is 18.4 Å². The number of carbonyl (C=O) groups is 2. The highest BCUT2D eigenvalue weighted by atomic mass is 79.9. The third-order valence-electron chi connectivity index (χ3n) is 6.87. The van der Waals surface area contributed by atoms with Crippen LogP contribution >= 0.6 is 15.9 Å². The van der Waals surface area contributed by atoms with E-state index >= 15 is 0 Å². The SMILES string of the molecule is CCCCCCCCC(C)OC(=O)NC(C)(Cc1c(Br)oc2ccccc12)C(=O)NCCc1ccccc1. The zero-order valence-corrected chi connectivity index (χ0v) is 24.4. The van der Waals surface area contributed by atoms with Gasteiger partial charge in [-0.3, -0.25) is 4.79 Å². The number of nitrogens with one attached hydrogen (secondary N) is 2. The van der Waals surface area contributed by atoms with Crippen molar-refractivity contribution < 1.29 is 18.7 Å². The molecule has 1 aromatic heterocycles. The van der Waals surface area contributed by atoms with Crippen molar-refractivity contribution in [1.29, 1.82) is 0 Å². The second-order valence-electron chi connectivity index (χ2n) is 10.2. The average Bonchev–Trinajstić information content (AvgIpc) is 3.21. The third kappa shape index (κ3) is 8.90. The molecule has 206 valence electrons. The van der Waals surface area contributed by atoms with Crippen molar-refractivity contribution >= 4 is 38.9 Å². The highest BCUT2D eigenvalue weighted by molar-refractivity contribution is 9.10. The minimum absolute atomic E-state index is 0.229. The van der Waals surface area contributed by atoms with E-state index in [9.17, 15) is 9.59 Å². The Morgan fingerprint density at radius 3 is 2.45 bits per heavy atom. The molecule has 3 aromatic rings. The molecule has 0 aliphatic heterocycles. The van der Waals surface area contributed by atoms with Gasteiger partial charge in [-0.1, -0.05) is 87.6 Å². The lowest BCUT2D eigenvalue weighted by atomic mass is 9.91. The standard InChI is InChI=1S/C31H41BrN2O4/c1-4-5-6-7-8-10-15-23(2)37-30(36)34-31(3,29(35)33-21-20-24-16-11-9-12-17-24)22-26-25-18-13-14-19-27(25)38-28(26)32/h9,11-14,16-19,23H,4-8,10,15,20-22H2,1-3H3,(H,33,35)(H,34,36). The number of ether oxygens (including phenoxy) is 1. The van der Waals surface area contributed by atoms with Gasteiger partial charge in [-0.15, -0.1) is 0 Å². The molecule has 0 saturated carbocycles. The van der Waals surface area contributed by atoms with E-state index in [2.05, 4.69) is 33.5 Å². The van der Waals surface area contributed by atoms with E-state index < -0.39 is 11.6 Å². The molecule has 0 aliphatic rings. The smallest absolute Gasteiger partial charge is 0.408 e. The number of amides is 2. The molecule has 6 nitrogen and oxygen atoms in total. The van der Waals surface area contributed by atoms with Gasteiger partial charge in [0, 0.05) is 23.9 Å². The molecule has 0 spiro atoms. The number of rotatable bonds is 15. The van der Waals surface area contributed by atoms with Gasteiger partial charge in [-0.05, 0) is 60.7 Å². The maximum Gasteiger partial charge on any atom is 0.408 e. The molecular formula is C31H41BrN2O4. The summed E-state index contributed by atoms with van der Waals surface area (Å²) in [6.45, 7) is 6.30. The van der Waals surface area contributed by atoms with Gasteiger partial charge < -0.3 is 19.8 Å². The van der Waals surface area contributed by atoms with Crippen LogP contribution in [0.3, 0.4) is 0 Å². The Kier molecular flexibility index (Phi) is 11.7. The molecule has 2 amide bonds. The molecule has 0 bridgehead atoms. The summed E-state index contributed by atoms with van der Waals surface area (Å²) in [7, 11) is 0. The Labute approximate surface area is 235 Å². The van der Waals surface area contributed by atoms with Crippen LogP contribution in [0.5, 0.6) is 0 Å². The van der Waals surface area contributed by atoms with Gasteiger partial charge in [-0.25, -0.2) is 4.79 Å². The van der Waals surface area contributed by atoms with Crippen molar-refractivity contribution in [1.82, 2.24) is 10.6 Å². The molecule has 1 heterocycles. The number of carbonyl (C=O) groups excluding carboxylic acids is 2. The van der Waals surface area contributed by atoms with E-state index in [0.29, 0.717) is 17.6 Å². The lowest BCUT2D eigenvalue weighted by Crippen LogP contribution is -2.58. The maximum atomic E-state index is 13.5. The van der Waals surface area contributed by atoms with Crippen LogP contribution < -0.4 is 10.6 Å². The van der Waals surface area contributed by atoms with E-state index in [0.717, 1.165) is 41.4 Å². The third-order valence-corrected chi connectivity index (χ3v) is 7.51. The number of hydrogen-bond acceptors (Lipinski definition) is 4. The minimum atomic E-state index is -1.25. The van der Waals surface area contributed by atoms with Crippen LogP contribution in [0.15, 0.2) is 63.7 Å². The number of benzene rings is 2. The van der Waals surface area contributed by atoms with Crippen molar-refractivity contribution in [3.63, 3.8) is 0 Å². The van der Waals surface area contributed by atoms with Gasteiger partial charge in [0.2, 0.25) is 5.91 Å². The van der Waals surface area contributed by atoms with Crippen molar-refractivity contribution in [2.24, 2.45) is 0 Å². The predicted octanol–water partition coefficient (Wildman–Crippen LogP) is 7.72. The molecule has 2 unspecified atom stereocenters. The zero-order valence-electron chi connectivity index (χ0n) is 22.9. The van der Waals surface area contributed by atoms with Gasteiger partial charge in [-0.2, -0.15) is 0 Å². The number of hydrogen-bond donors (Lipinski definition) is 2. The number of unbranched alkanes of at least 4 members (excludes halogenated alkanes) is 5. The Balaban J connectivity index is 1.66. The first-order valence-electron chi connectivity index (χ1n) is 13.8. The molecule has 3 rings (SSSR count). The van der Waals surface area contributed by atoms with Crippen LogP contribution in [0.4, 0.5) is 4.79 Å². The first-order chi connectivity index (χ1) is 18.3. The topological polar surface area (TPSA) is 80.6 Å². The molecular weight excluding hydrogens is 544 g/mol. The minimum Gasteiger partial charge on any atom is -0.449 e. The summed E-state index contributed by atoms with van der Waals surface area (Å²) in [6, 6.07) is 17.6. The van der Waals surface area contributed by atoms with Crippen LogP contribution in [0, 0.1) is 0 Å². The summed E-state index contributed by atoms with van der Waals surface area (Å²) in [4.78, 5) is 26.5. The number of alkyl carbamates (subject to hydrolysis) is 1.